The van der Waals surface area contributed by atoms with E-state index in [4.69, 9.17) is 16.7 Å². The van der Waals surface area contributed by atoms with Crippen LogP contribution in [0.2, 0.25) is 5.02 Å². The first-order valence-electron chi connectivity index (χ1n) is 5.18. The molecule has 0 aromatic carbocycles. The first-order valence-corrected chi connectivity index (χ1v) is 5.56. The van der Waals surface area contributed by atoms with Crippen LogP contribution in [0.5, 0.6) is 0 Å². The normalized spacial score (nSPS) is 17.7. The van der Waals surface area contributed by atoms with E-state index in [0.29, 0.717) is 5.02 Å². The second-order valence-electron chi connectivity index (χ2n) is 4.28. The van der Waals surface area contributed by atoms with Gasteiger partial charge in [-0.1, -0.05) is 24.4 Å². The zero-order valence-corrected chi connectivity index (χ0v) is 9.37. The first-order chi connectivity index (χ1) is 7.08. The molecule has 0 bridgehead atoms. The fraction of sp³-hybridized carbons (Fsp3) is 0.545. The molecule has 0 spiro atoms. The zero-order valence-electron chi connectivity index (χ0n) is 8.61. The smallest absolute Gasteiger partial charge is 0.352 e. The molecule has 4 heteroatoms. The Balaban J connectivity index is 2.20. The van der Waals surface area contributed by atoms with Crippen LogP contribution in [0.15, 0.2) is 12.3 Å². The Kier molecular flexibility index (Phi) is 2.74. The van der Waals surface area contributed by atoms with E-state index < -0.39 is 5.97 Å². The summed E-state index contributed by atoms with van der Waals surface area (Å²) in [5.41, 5.74) is 0.285. The molecular formula is C11H14ClNO2. The Morgan fingerprint density at radius 2 is 2.40 bits per heavy atom. The highest BCUT2D eigenvalue weighted by molar-refractivity contribution is 6.30. The molecule has 1 aliphatic rings. The molecule has 82 valence electrons. The average molecular weight is 228 g/mol. The van der Waals surface area contributed by atoms with E-state index in [-0.39, 0.29) is 11.7 Å². The number of aromatic carboxylic acids is 1. The van der Waals surface area contributed by atoms with Crippen LogP contribution in [0.25, 0.3) is 0 Å². The van der Waals surface area contributed by atoms with Crippen molar-refractivity contribution in [2.75, 3.05) is 0 Å². The number of hydrogen-bond donors (Lipinski definition) is 1. The number of aromatic nitrogens is 1. The van der Waals surface area contributed by atoms with Gasteiger partial charge in [0.2, 0.25) is 0 Å². The second-order valence-corrected chi connectivity index (χ2v) is 4.72. The number of hydrogen-bond acceptors (Lipinski definition) is 1. The van der Waals surface area contributed by atoms with E-state index in [9.17, 15) is 4.79 Å². The van der Waals surface area contributed by atoms with Gasteiger partial charge in [0.15, 0.2) is 0 Å². The van der Waals surface area contributed by atoms with Crippen molar-refractivity contribution in [2.24, 2.45) is 5.92 Å². The molecule has 1 N–H and O–H groups in total. The SMILES string of the molecule is CC(CC1CC1)n1cc(Cl)cc1C(=O)O. The second kappa shape index (κ2) is 3.89. The highest BCUT2D eigenvalue weighted by Crippen LogP contribution is 2.37. The molecular weight excluding hydrogens is 214 g/mol. The Hall–Kier alpha value is -0.960. The fourth-order valence-electron chi connectivity index (χ4n) is 1.93. The fourth-order valence-corrected chi connectivity index (χ4v) is 2.14. The summed E-state index contributed by atoms with van der Waals surface area (Å²) in [4.78, 5) is 11.0. The summed E-state index contributed by atoms with van der Waals surface area (Å²) in [5.74, 6) is -0.132. The Morgan fingerprint density at radius 1 is 1.73 bits per heavy atom. The molecule has 1 saturated carbocycles. The standard InChI is InChI=1S/C11H14ClNO2/c1-7(4-8-2-3-8)13-6-9(12)5-10(13)11(14)15/h5-8H,2-4H2,1H3,(H,14,15). The molecule has 1 aromatic heterocycles. The van der Waals surface area contributed by atoms with Gasteiger partial charge in [0.25, 0.3) is 0 Å². The highest BCUT2D eigenvalue weighted by Gasteiger charge is 2.25. The van der Waals surface area contributed by atoms with Crippen molar-refractivity contribution in [3.8, 4) is 0 Å². The van der Waals surface area contributed by atoms with Gasteiger partial charge in [-0.15, -0.1) is 0 Å². The van der Waals surface area contributed by atoms with Crippen molar-refractivity contribution in [3.63, 3.8) is 0 Å². The van der Waals surface area contributed by atoms with Crippen molar-refractivity contribution in [1.29, 1.82) is 0 Å². The molecule has 0 radical (unpaired) electrons. The van der Waals surface area contributed by atoms with Crippen LogP contribution < -0.4 is 0 Å². The predicted octanol–water partition coefficient (Wildman–Crippen LogP) is 3.20. The third-order valence-electron chi connectivity index (χ3n) is 2.88. The number of carbonyl (C=O) groups is 1. The van der Waals surface area contributed by atoms with E-state index in [2.05, 4.69) is 0 Å². The van der Waals surface area contributed by atoms with Gasteiger partial charge >= 0.3 is 5.97 Å². The van der Waals surface area contributed by atoms with Gasteiger partial charge in [-0.25, -0.2) is 4.79 Å². The van der Waals surface area contributed by atoms with Crippen LogP contribution >= 0.6 is 11.6 Å². The molecule has 1 fully saturated rings. The number of nitrogens with zero attached hydrogens (tertiary/aromatic N) is 1. The summed E-state index contributed by atoms with van der Waals surface area (Å²) in [6, 6.07) is 1.73. The number of carboxylic acid groups (broad SMARTS) is 1. The van der Waals surface area contributed by atoms with E-state index >= 15 is 0 Å². The van der Waals surface area contributed by atoms with E-state index in [1.165, 1.54) is 18.9 Å². The van der Waals surface area contributed by atoms with Crippen LogP contribution in [0.1, 0.15) is 42.7 Å². The van der Waals surface area contributed by atoms with Crippen molar-refractivity contribution in [2.45, 2.75) is 32.2 Å². The molecule has 2 rings (SSSR count). The topological polar surface area (TPSA) is 42.2 Å². The molecule has 0 saturated heterocycles. The van der Waals surface area contributed by atoms with Crippen molar-refractivity contribution < 1.29 is 9.90 Å². The highest BCUT2D eigenvalue weighted by atomic mass is 35.5. The van der Waals surface area contributed by atoms with Crippen LogP contribution in [-0.4, -0.2) is 15.6 Å². The van der Waals surface area contributed by atoms with Crippen LogP contribution in [0.3, 0.4) is 0 Å². The maximum atomic E-state index is 11.0. The van der Waals surface area contributed by atoms with Gasteiger partial charge < -0.3 is 9.67 Å². The van der Waals surface area contributed by atoms with Crippen LogP contribution in [0, 0.1) is 5.92 Å². The Labute approximate surface area is 93.7 Å². The summed E-state index contributed by atoms with van der Waals surface area (Å²) in [6.45, 7) is 2.04. The van der Waals surface area contributed by atoms with Crippen LogP contribution in [-0.2, 0) is 0 Å². The van der Waals surface area contributed by atoms with Gasteiger partial charge in [-0.05, 0) is 25.3 Å². The lowest BCUT2D eigenvalue weighted by atomic mass is 10.1. The number of carboxylic acids is 1. The van der Waals surface area contributed by atoms with Crippen molar-refractivity contribution in [3.05, 3.63) is 23.0 Å². The lowest BCUT2D eigenvalue weighted by Crippen LogP contribution is -2.12. The summed E-state index contributed by atoms with van der Waals surface area (Å²) < 4.78 is 1.77. The monoisotopic (exact) mass is 227 g/mol. The lowest BCUT2D eigenvalue weighted by Gasteiger charge is -2.15. The molecule has 1 heterocycles. The molecule has 1 aromatic rings. The van der Waals surface area contributed by atoms with Crippen molar-refractivity contribution >= 4 is 17.6 Å². The third-order valence-corrected chi connectivity index (χ3v) is 3.09. The summed E-state index contributed by atoms with van der Waals surface area (Å²) in [7, 11) is 0. The average Bonchev–Trinajstić information content (AvgIpc) is 2.86. The lowest BCUT2D eigenvalue weighted by molar-refractivity contribution is 0.0682. The van der Waals surface area contributed by atoms with Gasteiger partial charge in [-0.3, -0.25) is 0 Å². The molecule has 1 aliphatic carbocycles. The van der Waals surface area contributed by atoms with Gasteiger partial charge in [0.1, 0.15) is 5.69 Å². The third kappa shape index (κ3) is 2.34. The van der Waals surface area contributed by atoms with E-state index in [1.807, 2.05) is 6.92 Å². The first kappa shape index (κ1) is 10.6. The minimum absolute atomic E-state index is 0.219. The Morgan fingerprint density at radius 3 is 2.93 bits per heavy atom. The molecule has 0 aliphatic heterocycles. The van der Waals surface area contributed by atoms with E-state index in [0.717, 1.165) is 12.3 Å². The summed E-state index contributed by atoms with van der Waals surface area (Å²) >= 11 is 5.82. The number of rotatable bonds is 4. The predicted molar refractivity (Wildman–Crippen MR) is 58.5 cm³/mol. The van der Waals surface area contributed by atoms with Crippen molar-refractivity contribution in [1.82, 2.24) is 4.57 Å². The molecule has 1 unspecified atom stereocenters. The van der Waals surface area contributed by atoms with Gasteiger partial charge in [-0.2, -0.15) is 0 Å². The molecule has 0 amide bonds. The summed E-state index contributed by atoms with van der Waals surface area (Å²) in [5, 5.41) is 9.49. The number of halogens is 1. The van der Waals surface area contributed by atoms with E-state index in [1.54, 1.807) is 10.8 Å². The largest absolute Gasteiger partial charge is 0.477 e. The minimum atomic E-state index is -0.912. The van der Waals surface area contributed by atoms with Gasteiger partial charge in [0.05, 0.1) is 5.02 Å². The maximum Gasteiger partial charge on any atom is 0.352 e. The molecule has 3 nitrogen and oxygen atoms in total. The molecule has 15 heavy (non-hydrogen) atoms. The van der Waals surface area contributed by atoms with Gasteiger partial charge in [0, 0.05) is 12.2 Å². The van der Waals surface area contributed by atoms with Crippen LogP contribution in [0.4, 0.5) is 0 Å². The minimum Gasteiger partial charge on any atom is -0.477 e. The molecule has 1 atom stereocenters. The summed E-state index contributed by atoms with van der Waals surface area (Å²) in [6.07, 6.45) is 5.31. The quantitative estimate of drug-likeness (QED) is 0.858. The zero-order chi connectivity index (χ0) is 11.0. The Bertz CT molecular complexity index is 382. The maximum absolute atomic E-state index is 11.0.